The summed E-state index contributed by atoms with van der Waals surface area (Å²) in [4.78, 5) is 16.0. The van der Waals surface area contributed by atoms with E-state index in [4.69, 9.17) is 0 Å². The quantitative estimate of drug-likeness (QED) is 0.447. The van der Waals surface area contributed by atoms with Gasteiger partial charge < -0.3 is 30.9 Å². The molecular formula is C19H24N4O4. The van der Waals surface area contributed by atoms with Crippen LogP contribution in [0, 0.1) is 0 Å². The Hall–Kier alpha value is -3.29. The third-order valence-electron chi connectivity index (χ3n) is 4.47. The van der Waals surface area contributed by atoms with E-state index >= 15 is 0 Å². The third kappa shape index (κ3) is 3.79. The zero-order valence-electron chi connectivity index (χ0n) is 15.3. The molecule has 1 aromatic heterocycles. The highest BCUT2D eigenvalue weighted by atomic mass is 16.3. The molecule has 1 heterocycles. The highest BCUT2D eigenvalue weighted by Crippen LogP contribution is 2.44. The molecule has 6 N–H and O–H groups in total. The summed E-state index contributed by atoms with van der Waals surface area (Å²) < 4.78 is 0. The molecule has 0 atom stereocenters. The van der Waals surface area contributed by atoms with Gasteiger partial charge in [0.15, 0.2) is 5.75 Å². The lowest BCUT2D eigenvalue weighted by molar-refractivity contribution is 0.0824. The number of hydrogen-bond donors (Lipinski definition) is 6. The van der Waals surface area contributed by atoms with Crippen molar-refractivity contribution >= 4 is 23.0 Å². The van der Waals surface area contributed by atoms with Gasteiger partial charge in [-0.05, 0) is 37.8 Å². The Labute approximate surface area is 157 Å². The Balaban J connectivity index is 1.93. The predicted molar refractivity (Wildman–Crippen MR) is 104 cm³/mol. The molecule has 0 saturated heterocycles. The van der Waals surface area contributed by atoms with E-state index in [1.54, 1.807) is 26.2 Å². The van der Waals surface area contributed by atoms with Crippen molar-refractivity contribution in [2.45, 2.75) is 25.7 Å². The Bertz CT molecular complexity index is 886. The number of nitrogens with zero attached hydrogens (tertiary/aromatic N) is 1. The van der Waals surface area contributed by atoms with Crippen LogP contribution in [0.2, 0.25) is 0 Å². The number of carbonyl (C=O) groups excluding carboxylic acids is 1. The maximum atomic E-state index is 12.2. The molecular weight excluding hydrogens is 348 g/mol. The minimum atomic E-state index is -0.344. The molecule has 0 bridgehead atoms. The number of nitrogens with one attached hydrogen (secondary N) is 3. The summed E-state index contributed by atoms with van der Waals surface area (Å²) >= 11 is 0. The number of allylic oxidation sites excluding steroid dienone is 2. The van der Waals surface area contributed by atoms with Gasteiger partial charge in [-0.2, -0.15) is 0 Å². The van der Waals surface area contributed by atoms with E-state index in [9.17, 15) is 20.1 Å². The lowest BCUT2D eigenvalue weighted by atomic mass is 10.0. The number of amides is 1. The van der Waals surface area contributed by atoms with Crippen LogP contribution in [0.25, 0.3) is 0 Å². The van der Waals surface area contributed by atoms with E-state index in [1.807, 2.05) is 0 Å². The molecule has 0 fully saturated rings. The molecule has 8 heteroatoms. The Morgan fingerprint density at radius 3 is 2.41 bits per heavy atom. The molecule has 1 amide bonds. The van der Waals surface area contributed by atoms with Crippen molar-refractivity contribution in [1.82, 2.24) is 9.88 Å². The molecule has 27 heavy (non-hydrogen) atoms. The highest BCUT2D eigenvalue weighted by molar-refractivity contribution is 5.99. The number of phenols is 1. The number of hydrogen-bond acceptors (Lipinski definition) is 6. The summed E-state index contributed by atoms with van der Waals surface area (Å²) in [6.07, 6.45) is 6.04. The van der Waals surface area contributed by atoms with Gasteiger partial charge >= 0.3 is 0 Å². The minimum absolute atomic E-state index is 0.133. The number of carbonyl (C=O) groups is 1. The standard InChI is InChI=1S/C19H24N4O4/c1-23(2)19(27)12-9-6-10-13(16(12)24)21-15-14(17(25)22-18(15)26)20-11-7-4-3-5-8-11/h6-7,9-10,20-22,24-26H,3-5,8H2,1-2H3. The third-order valence-corrected chi connectivity index (χ3v) is 4.47. The number of benzene rings is 1. The average Bonchev–Trinajstić information content (AvgIpc) is 2.90. The van der Waals surface area contributed by atoms with Gasteiger partial charge in [0.1, 0.15) is 11.4 Å². The molecule has 0 unspecified atom stereocenters. The molecule has 0 saturated carbocycles. The van der Waals surface area contributed by atoms with Gasteiger partial charge in [0, 0.05) is 19.8 Å². The second kappa shape index (κ2) is 7.53. The first-order valence-electron chi connectivity index (χ1n) is 8.79. The minimum Gasteiger partial charge on any atom is -0.505 e. The van der Waals surface area contributed by atoms with Crippen LogP contribution in [0.4, 0.5) is 17.1 Å². The topological polar surface area (TPSA) is 121 Å². The summed E-state index contributed by atoms with van der Waals surface area (Å²) in [6.45, 7) is 0. The first-order valence-corrected chi connectivity index (χ1v) is 8.79. The van der Waals surface area contributed by atoms with Gasteiger partial charge in [-0.3, -0.25) is 9.78 Å². The van der Waals surface area contributed by atoms with E-state index in [0.29, 0.717) is 0 Å². The van der Waals surface area contributed by atoms with Crippen molar-refractivity contribution < 1.29 is 20.1 Å². The van der Waals surface area contributed by atoms with E-state index in [1.165, 1.54) is 11.0 Å². The number of rotatable bonds is 5. The van der Waals surface area contributed by atoms with Crippen molar-refractivity contribution in [2.75, 3.05) is 24.7 Å². The Kier molecular flexibility index (Phi) is 5.16. The molecule has 8 nitrogen and oxygen atoms in total. The molecule has 1 aliphatic rings. The molecule has 2 aromatic rings. The maximum absolute atomic E-state index is 12.2. The fourth-order valence-electron chi connectivity index (χ4n) is 3.02. The van der Waals surface area contributed by atoms with E-state index in [0.717, 1.165) is 31.4 Å². The van der Waals surface area contributed by atoms with E-state index < -0.39 is 0 Å². The maximum Gasteiger partial charge on any atom is 0.257 e. The summed E-state index contributed by atoms with van der Waals surface area (Å²) in [5.41, 5.74) is 1.79. The van der Waals surface area contributed by atoms with E-state index in [-0.39, 0.29) is 46.0 Å². The average molecular weight is 372 g/mol. The van der Waals surface area contributed by atoms with Gasteiger partial charge in [-0.25, -0.2) is 0 Å². The highest BCUT2D eigenvalue weighted by Gasteiger charge is 2.22. The lowest BCUT2D eigenvalue weighted by Gasteiger charge is -2.17. The number of phenolic OH excluding ortho intramolecular Hbond substituents is 1. The van der Waals surface area contributed by atoms with Crippen LogP contribution < -0.4 is 10.6 Å². The second-order valence-electron chi connectivity index (χ2n) is 6.70. The van der Waals surface area contributed by atoms with Crippen LogP contribution in [-0.2, 0) is 0 Å². The van der Waals surface area contributed by atoms with Gasteiger partial charge in [0.25, 0.3) is 5.91 Å². The zero-order valence-corrected chi connectivity index (χ0v) is 15.3. The predicted octanol–water partition coefficient (Wildman–Crippen LogP) is 3.45. The molecule has 3 rings (SSSR count). The van der Waals surface area contributed by atoms with Crippen molar-refractivity contribution in [3.8, 4) is 17.5 Å². The van der Waals surface area contributed by atoms with Crippen LogP contribution in [0.5, 0.6) is 17.5 Å². The zero-order chi connectivity index (χ0) is 19.6. The normalized spacial score (nSPS) is 13.8. The SMILES string of the molecule is CN(C)C(=O)c1cccc(Nc2c(O)[nH]c(O)c2NC2=CCCCC2)c1O. The molecule has 1 aliphatic carbocycles. The van der Waals surface area contributed by atoms with Crippen molar-refractivity contribution in [3.05, 3.63) is 35.5 Å². The summed E-state index contributed by atoms with van der Waals surface area (Å²) in [5, 5.41) is 36.8. The number of para-hydroxylation sites is 1. The van der Waals surface area contributed by atoms with E-state index in [2.05, 4.69) is 21.7 Å². The fourth-order valence-corrected chi connectivity index (χ4v) is 3.02. The molecule has 1 aromatic carbocycles. The number of aromatic nitrogens is 1. The number of anilines is 3. The monoisotopic (exact) mass is 372 g/mol. The lowest BCUT2D eigenvalue weighted by Crippen LogP contribution is -2.21. The van der Waals surface area contributed by atoms with Gasteiger partial charge in [-0.15, -0.1) is 0 Å². The first kappa shape index (κ1) is 18.5. The number of aromatic amines is 1. The van der Waals surface area contributed by atoms with Crippen LogP contribution in [0.3, 0.4) is 0 Å². The summed E-state index contributed by atoms with van der Waals surface area (Å²) in [5.74, 6) is -1.08. The van der Waals surface area contributed by atoms with Crippen LogP contribution in [-0.4, -0.2) is 45.2 Å². The summed E-state index contributed by atoms with van der Waals surface area (Å²) in [6, 6.07) is 4.72. The fraction of sp³-hybridized carbons (Fsp3) is 0.316. The van der Waals surface area contributed by atoms with Gasteiger partial charge in [0.05, 0.1) is 11.3 Å². The van der Waals surface area contributed by atoms with Gasteiger partial charge in [-0.1, -0.05) is 12.1 Å². The molecule has 0 radical (unpaired) electrons. The van der Waals surface area contributed by atoms with Gasteiger partial charge in [0.2, 0.25) is 11.8 Å². The molecule has 0 aliphatic heterocycles. The van der Waals surface area contributed by atoms with Crippen LogP contribution in [0.15, 0.2) is 30.0 Å². The number of H-pyrrole nitrogens is 1. The molecule has 0 spiro atoms. The number of aromatic hydroxyl groups is 3. The van der Waals surface area contributed by atoms with Crippen molar-refractivity contribution in [2.24, 2.45) is 0 Å². The van der Waals surface area contributed by atoms with Crippen molar-refractivity contribution in [3.63, 3.8) is 0 Å². The van der Waals surface area contributed by atoms with Crippen molar-refractivity contribution in [1.29, 1.82) is 0 Å². The van der Waals surface area contributed by atoms with Crippen LogP contribution in [0.1, 0.15) is 36.0 Å². The van der Waals surface area contributed by atoms with Crippen LogP contribution >= 0.6 is 0 Å². The Morgan fingerprint density at radius 1 is 1.07 bits per heavy atom. The smallest absolute Gasteiger partial charge is 0.257 e. The molecule has 144 valence electrons. The summed E-state index contributed by atoms with van der Waals surface area (Å²) in [7, 11) is 3.19. The largest absolute Gasteiger partial charge is 0.505 e. The second-order valence-corrected chi connectivity index (χ2v) is 6.70. The first-order chi connectivity index (χ1) is 12.9. The Morgan fingerprint density at radius 2 is 1.78 bits per heavy atom.